The third kappa shape index (κ3) is 4.83. The van der Waals surface area contributed by atoms with Gasteiger partial charge in [0.15, 0.2) is 0 Å². The van der Waals surface area contributed by atoms with Gasteiger partial charge in [0.05, 0.1) is 0 Å². The lowest BCUT2D eigenvalue weighted by atomic mass is 9.88. The molecule has 0 aromatic heterocycles. The molecule has 2 aromatic carbocycles. The molecule has 0 heterocycles. The first-order valence-corrected chi connectivity index (χ1v) is 8.97. The fourth-order valence-corrected chi connectivity index (χ4v) is 3.21. The summed E-state index contributed by atoms with van der Waals surface area (Å²) in [6, 6.07) is 13.9. The van der Waals surface area contributed by atoms with Crippen molar-refractivity contribution < 1.29 is 9.59 Å². The lowest BCUT2D eigenvalue weighted by Crippen LogP contribution is -2.24. The molecule has 0 unspecified atom stereocenters. The van der Waals surface area contributed by atoms with Crippen molar-refractivity contribution in [2.75, 3.05) is 10.6 Å². The first-order valence-electron chi connectivity index (χ1n) is 8.60. The summed E-state index contributed by atoms with van der Waals surface area (Å²) in [5.41, 5.74) is 1.87. The third-order valence-electron chi connectivity index (χ3n) is 4.47. The Balaban J connectivity index is 1.63. The Kier molecular flexibility index (Phi) is 5.71. The molecule has 0 bridgehead atoms. The van der Waals surface area contributed by atoms with Gasteiger partial charge in [0.1, 0.15) is 0 Å². The Hall–Kier alpha value is -2.33. The van der Waals surface area contributed by atoms with Crippen molar-refractivity contribution in [2.45, 2.75) is 32.1 Å². The van der Waals surface area contributed by atoms with Crippen molar-refractivity contribution in [3.63, 3.8) is 0 Å². The van der Waals surface area contributed by atoms with E-state index in [1.54, 1.807) is 36.4 Å². The molecule has 4 nitrogen and oxygen atoms in total. The molecular weight excluding hydrogens is 336 g/mol. The summed E-state index contributed by atoms with van der Waals surface area (Å²) in [6.45, 7) is 0. The fraction of sp³-hybridized carbons (Fsp3) is 0.300. The van der Waals surface area contributed by atoms with E-state index in [4.69, 9.17) is 11.6 Å². The van der Waals surface area contributed by atoms with Crippen LogP contribution >= 0.6 is 11.6 Å². The largest absolute Gasteiger partial charge is 0.326 e. The summed E-state index contributed by atoms with van der Waals surface area (Å²) in [7, 11) is 0. The summed E-state index contributed by atoms with van der Waals surface area (Å²) >= 11 is 5.84. The van der Waals surface area contributed by atoms with Gasteiger partial charge < -0.3 is 10.6 Å². The average Bonchev–Trinajstić information content (AvgIpc) is 2.63. The van der Waals surface area contributed by atoms with Crippen LogP contribution in [0.5, 0.6) is 0 Å². The van der Waals surface area contributed by atoms with Crippen LogP contribution in [0.15, 0.2) is 48.5 Å². The van der Waals surface area contributed by atoms with E-state index in [0.29, 0.717) is 22.0 Å². The third-order valence-corrected chi connectivity index (χ3v) is 4.72. The number of carbonyl (C=O) groups excluding carboxylic acids is 2. The zero-order valence-electron chi connectivity index (χ0n) is 13.9. The number of nitrogens with one attached hydrogen (secondary N) is 2. The molecule has 1 saturated carbocycles. The van der Waals surface area contributed by atoms with Crippen LogP contribution in [0, 0.1) is 5.92 Å². The predicted molar refractivity (Wildman–Crippen MR) is 101 cm³/mol. The fourth-order valence-electron chi connectivity index (χ4n) is 3.09. The zero-order chi connectivity index (χ0) is 17.6. The molecule has 5 heteroatoms. The molecule has 1 aliphatic carbocycles. The van der Waals surface area contributed by atoms with Crippen molar-refractivity contribution in [1.82, 2.24) is 0 Å². The van der Waals surface area contributed by atoms with Crippen LogP contribution < -0.4 is 10.6 Å². The monoisotopic (exact) mass is 356 g/mol. The maximum atomic E-state index is 12.3. The van der Waals surface area contributed by atoms with Crippen LogP contribution in [0.25, 0.3) is 0 Å². The van der Waals surface area contributed by atoms with Crippen LogP contribution in [0.4, 0.5) is 11.4 Å². The second-order valence-electron chi connectivity index (χ2n) is 6.37. The summed E-state index contributed by atoms with van der Waals surface area (Å²) in [5, 5.41) is 6.39. The lowest BCUT2D eigenvalue weighted by Gasteiger charge is -2.20. The second kappa shape index (κ2) is 8.17. The Morgan fingerprint density at radius 1 is 0.880 bits per heavy atom. The van der Waals surface area contributed by atoms with Crippen LogP contribution in [0.2, 0.25) is 5.02 Å². The van der Waals surface area contributed by atoms with Crippen LogP contribution in [0.3, 0.4) is 0 Å². The van der Waals surface area contributed by atoms with Crippen LogP contribution in [-0.4, -0.2) is 11.8 Å². The minimum Gasteiger partial charge on any atom is -0.326 e. The highest BCUT2D eigenvalue weighted by atomic mass is 35.5. The Morgan fingerprint density at radius 2 is 1.52 bits per heavy atom. The molecular formula is C20H21ClN2O2. The standard InChI is InChI=1S/C20H21ClN2O2/c21-16-11-9-15(10-12-16)20(25)23-18-8-4-7-17(13-18)22-19(24)14-5-2-1-3-6-14/h4,7-14H,1-3,5-6H2,(H,22,24)(H,23,25). The van der Waals surface area contributed by atoms with Gasteiger partial charge in [0.25, 0.3) is 5.91 Å². The predicted octanol–water partition coefficient (Wildman–Crippen LogP) is 5.11. The smallest absolute Gasteiger partial charge is 0.255 e. The van der Waals surface area contributed by atoms with Gasteiger partial charge in [-0.15, -0.1) is 0 Å². The minimum absolute atomic E-state index is 0.0703. The van der Waals surface area contributed by atoms with E-state index in [2.05, 4.69) is 10.6 Å². The summed E-state index contributed by atoms with van der Waals surface area (Å²) in [4.78, 5) is 24.6. The van der Waals surface area contributed by atoms with Gasteiger partial charge >= 0.3 is 0 Å². The normalized spacial score (nSPS) is 14.8. The number of rotatable bonds is 4. The molecule has 0 atom stereocenters. The number of hydrogen-bond acceptors (Lipinski definition) is 2. The number of benzene rings is 2. The summed E-state index contributed by atoms with van der Waals surface area (Å²) < 4.78 is 0. The number of carbonyl (C=O) groups is 2. The van der Waals surface area contributed by atoms with Gasteiger partial charge in [-0.3, -0.25) is 9.59 Å². The van der Waals surface area contributed by atoms with Gasteiger partial charge in [0.2, 0.25) is 5.91 Å². The lowest BCUT2D eigenvalue weighted by molar-refractivity contribution is -0.120. The molecule has 0 saturated heterocycles. The van der Waals surface area contributed by atoms with E-state index in [1.807, 2.05) is 12.1 Å². The van der Waals surface area contributed by atoms with Gasteiger partial charge in [0, 0.05) is 27.9 Å². The first-order chi connectivity index (χ1) is 12.1. The van der Waals surface area contributed by atoms with Gasteiger partial charge in [-0.2, -0.15) is 0 Å². The van der Waals surface area contributed by atoms with E-state index >= 15 is 0 Å². The molecule has 1 aliphatic rings. The number of anilines is 2. The quantitative estimate of drug-likeness (QED) is 0.799. The van der Waals surface area contributed by atoms with Crippen molar-refractivity contribution in [3.8, 4) is 0 Å². The molecule has 0 spiro atoms. The summed E-state index contributed by atoms with van der Waals surface area (Å²) in [6.07, 6.45) is 5.37. The Labute approximate surface area is 152 Å². The molecule has 2 amide bonds. The molecule has 2 N–H and O–H groups in total. The van der Waals surface area contributed by atoms with Crippen molar-refractivity contribution in [3.05, 3.63) is 59.1 Å². The van der Waals surface area contributed by atoms with Gasteiger partial charge in [-0.25, -0.2) is 0 Å². The number of hydrogen-bond donors (Lipinski definition) is 2. The molecule has 0 radical (unpaired) electrons. The maximum absolute atomic E-state index is 12.3. The first kappa shape index (κ1) is 17.5. The SMILES string of the molecule is O=C(Nc1cccc(NC(=O)C2CCCCC2)c1)c1ccc(Cl)cc1. The van der Waals surface area contributed by atoms with Crippen LogP contribution in [0.1, 0.15) is 42.5 Å². The molecule has 25 heavy (non-hydrogen) atoms. The van der Waals surface area contributed by atoms with E-state index in [9.17, 15) is 9.59 Å². The van der Waals surface area contributed by atoms with E-state index in [0.717, 1.165) is 25.7 Å². The van der Waals surface area contributed by atoms with Crippen molar-refractivity contribution >= 4 is 34.8 Å². The molecule has 3 rings (SSSR count). The second-order valence-corrected chi connectivity index (χ2v) is 6.80. The molecule has 0 aliphatic heterocycles. The topological polar surface area (TPSA) is 58.2 Å². The van der Waals surface area contributed by atoms with Crippen molar-refractivity contribution in [2.24, 2.45) is 5.92 Å². The van der Waals surface area contributed by atoms with E-state index in [1.165, 1.54) is 6.42 Å². The highest BCUT2D eigenvalue weighted by Gasteiger charge is 2.21. The molecule has 130 valence electrons. The van der Waals surface area contributed by atoms with Gasteiger partial charge in [-0.1, -0.05) is 36.9 Å². The highest BCUT2D eigenvalue weighted by molar-refractivity contribution is 6.30. The summed E-state index contributed by atoms with van der Waals surface area (Å²) in [5.74, 6) is -0.0469. The zero-order valence-corrected chi connectivity index (χ0v) is 14.7. The van der Waals surface area contributed by atoms with Crippen molar-refractivity contribution in [1.29, 1.82) is 0 Å². The van der Waals surface area contributed by atoms with Gasteiger partial charge in [-0.05, 0) is 55.3 Å². The molecule has 2 aromatic rings. The van der Waals surface area contributed by atoms with E-state index in [-0.39, 0.29) is 17.7 Å². The minimum atomic E-state index is -0.215. The highest BCUT2D eigenvalue weighted by Crippen LogP contribution is 2.25. The Morgan fingerprint density at radius 3 is 2.20 bits per heavy atom. The average molecular weight is 357 g/mol. The number of halogens is 1. The Bertz CT molecular complexity index is 753. The van der Waals surface area contributed by atoms with Crippen LogP contribution in [-0.2, 0) is 4.79 Å². The molecule has 1 fully saturated rings. The van der Waals surface area contributed by atoms with E-state index < -0.39 is 0 Å². The maximum Gasteiger partial charge on any atom is 0.255 e. The number of amides is 2.